The number of rotatable bonds is 4. The molecule has 2 heteroatoms. The van der Waals surface area contributed by atoms with Crippen molar-refractivity contribution in [2.75, 3.05) is 0 Å². The summed E-state index contributed by atoms with van der Waals surface area (Å²) in [4.78, 5) is 4.62. The Labute approximate surface area is 124 Å². The third-order valence-electron chi connectivity index (χ3n) is 3.82. The number of pyridine rings is 1. The SMILES string of the molecule is [CH]1CC1c1ccc(OCc2ccc3ccccc3n2)cc1. The Hall–Kier alpha value is -2.35. The van der Waals surface area contributed by atoms with E-state index in [1.807, 2.05) is 36.4 Å². The van der Waals surface area contributed by atoms with Crippen LogP contribution < -0.4 is 4.74 Å². The van der Waals surface area contributed by atoms with Crippen LogP contribution >= 0.6 is 0 Å². The molecule has 0 saturated heterocycles. The Balaban J connectivity index is 1.46. The molecule has 0 aliphatic heterocycles. The molecule has 3 aromatic rings. The summed E-state index contributed by atoms with van der Waals surface area (Å²) in [5, 5.41) is 1.16. The smallest absolute Gasteiger partial charge is 0.130 e. The van der Waals surface area contributed by atoms with E-state index in [0.29, 0.717) is 12.5 Å². The van der Waals surface area contributed by atoms with E-state index in [4.69, 9.17) is 4.74 Å². The zero-order valence-electron chi connectivity index (χ0n) is 11.7. The molecule has 103 valence electrons. The van der Waals surface area contributed by atoms with E-state index in [0.717, 1.165) is 22.3 Å². The minimum absolute atomic E-state index is 0.500. The van der Waals surface area contributed by atoms with Gasteiger partial charge in [0.2, 0.25) is 0 Å². The second-order valence-electron chi connectivity index (χ2n) is 5.43. The summed E-state index contributed by atoms with van der Waals surface area (Å²) >= 11 is 0. The molecule has 1 fully saturated rings. The molecule has 1 heterocycles. The van der Waals surface area contributed by atoms with Gasteiger partial charge in [-0.1, -0.05) is 36.4 Å². The average molecular weight is 274 g/mol. The lowest BCUT2D eigenvalue weighted by atomic mass is 10.1. The number of hydrogen-bond donors (Lipinski definition) is 0. The van der Waals surface area contributed by atoms with E-state index in [1.165, 1.54) is 12.0 Å². The topological polar surface area (TPSA) is 22.1 Å². The maximum Gasteiger partial charge on any atom is 0.130 e. The normalized spacial score (nSPS) is 14.3. The number of hydrogen-bond acceptors (Lipinski definition) is 2. The standard InChI is InChI=1S/C19H16NO/c1-2-4-19-16(3-1)7-10-17(20-19)13-21-18-11-8-15(9-12-18)14-5-6-14/h1-5,7-12,14H,6,13H2. The molecule has 0 N–H and O–H groups in total. The van der Waals surface area contributed by atoms with Gasteiger partial charge >= 0.3 is 0 Å². The van der Waals surface area contributed by atoms with Crippen molar-refractivity contribution in [3.05, 3.63) is 78.3 Å². The second kappa shape index (κ2) is 5.21. The first-order valence-corrected chi connectivity index (χ1v) is 7.29. The fraction of sp³-hybridized carbons (Fsp3) is 0.158. The Bertz CT molecular complexity index is 760. The zero-order valence-corrected chi connectivity index (χ0v) is 11.7. The summed E-state index contributed by atoms with van der Waals surface area (Å²) < 4.78 is 5.82. The van der Waals surface area contributed by atoms with Gasteiger partial charge in [0.1, 0.15) is 12.4 Å². The fourth-order valence-corrected chi connectivity index (χ4v) is 2.50. The zero-order chi connectivity index (χ0) is 14.1. The third kappa shape index (κ3) is 2.75. The molecule has 2 aromatic carbocycles. The van der Waals surface area contributed by atoms with Crippen LogP contribution in [-0.4, -0.2) is 4.98 Å². The molecule has 2 nitrogen and oxygen atoms in total. The number of benzene rings is 2. The molecule has 1 atom stereocenters. The monoisotopic (exact) mass is 274 g/mol. The number of fused-ring (bicyclic) bond motifs is 1. The summed E-state index contributed by atoms with van der Waals surface area (Å²) in [6, 6.07) is 20.6. The lowest BCUT2D eigenvalue weighted by molar-refractivity contribution is 0.301. The third-order valence-corrected chi connectivity index (χ3v) is 3.82. The number of nitrogens with zero attached hydrogens (tertiary/aromatic N) is 1. The first-order valence-electron chi connectivity index (χ1n) is 7.29. The van der Waals surface area contributed by atoms with Crippen LogP contribution in [0.2, 0.25) is 0 Å². The van der Waals surface area contributed by atoms with Crippen molar-refractivity contribution in [3.63, 3.8) is 0 Å². The van der Waals surface area contributed by atoms with Crippen LogP contribution in [0.1, 0.15) is 23.6 Å². The summed E-state index contributed by atoms with van der Waals surface area (Å²) in [6.45, 7) is 0.500. The van der Waals surface area contributed by atoms with E-state index in [9.17, 15) is 0 Å². The van der Waals surface area contributed by atoms with Gasteiger partial charge in [-0.15, -0.1) is 0 Å². The highest BCUT2D eigenvalue weighted by molar-refractivity contribution is 5.78. The predicted molar refractivity (Wildman–Crippen MR) is 84.2 cm³/mol. The van der Waals surface area contributed by atoms with Crippen molar-refractivity contribution in [3.8, 4) is 5.75 Å². The molecule has 1 aliphatic carbocycles. The number of para-hydroxylation sites is 1. The highest BCUT2D eigenvalue weighted by atomic mass is 16.5. The van der Waals surface area contributed by atoms with Gasteiger partial charge in [-0.25, -0.2) is 4.98 Å². The quantitative estimate of drug-likeness (QED) is 0.698. The van der Waals surface area contributed by atoms with E-state index in [2.05, 4.69) is 35.7 Å². The summed E-state index contributed by atoms with van der Waals surface area (Å²) in [6.07, 6.45) is 3.52. The first kappa shape index (κ1) is 12.4. The van der Waals surface area contributed by atoms with Gasteiger partial charge in [-0.2, -0.15) is 0 Å². The first-order chi connectivity index (χ1) is 10.4. The summed E-state index contributed by atoms with van der Waals surface area (Å²) in [5.74, 6) is 1.57. The van der Waals surface area contributed by atoms with Crippen LogP contribution in [0.5, 0.6) is 5.75 Å². The van der Waals surface area contributed by atoms with Gasteiger partial charge in [-0.05, 0) is 48.6 Å². The Morgan fingerprint density at radius 3 is 2.57 bits per heavy atom. The average Bonchev–Trinajstić information content (AvgIpc) is 3.38. The van der Waals surface area contributed by atoms with Crippen molar-refractivity contribution >= 4 is 10.9 Å². The molecule has 1 saturated carbocycles. The van der Waals surface area contributed by atoms with Crippen molar-refractivity contribution in [2.45, 2.75) is 18.9 Å². The lowest BCUT2D eigenvalue weighted by Gasteiger charge is -2.07. The van der Waals surface area contributed by atoms with Crippen molar-refractivity contribution in [1.82, 2.24) is 4.98 Å². The fourth-order valence-electron chi connectivity index (χ4n) is 2.50. The van der Waals surface area contributed by atoms with E-state index < -0.39 is 0 Å². The van der Waals surface area contributed by atoms with E-state index in [1.54, 1.807) is 0 Å². The van der Waals surface area contributed by atoms with Crippen LogP contribution in [0.15, 0.2) is 60.7 Å². The molecule has 0 spiro atoms. The van der Waals surface area contributed by atoms with Crippen molar-refractivity contribution in [2.24, 2.45) is 0 Å². The maximum absolute atomic E-state index is 5.82. The largest absolute Gasteiger partial charge is 0.487 e. The molecule has 1 radical (unpaired) electrons. The van der Waals surface area contributed by atoms with Crippen molar-refractivity contribution < 1.29 is 4.74 Å². The predicted octanol–water partition coefficient (Wildman–Crippen LogP) is 4.51. The molecule has 1 aromatic heterocycles. The second-order valence-corrected chi connectivity index (χ2v) is 5.43. The minimum atomic E-state index is 0.500. The lowest BCUT2D eigenvalue weighted by Crippen LogP contribution is -1.98. The molecule has 4 rings (SSSR count). The molecule has 21 heavy (non-hydrogen) atoms. The molecular formula is C19H16NO. The summed E-state index contributed by atoms with van der Waals surface area (Å²) in [7, 11) is 0. The van der Waals surface area contributed by atoms with Crippen LogP contribution in [0.25, 0.3) is 10.9 Å². The van der Waals surface area contributed by atoms with Gasteiger partial charge in [0.25, 0.3) is 0 Å². The van der Waals surface area contributed by atoms with Gasteiger partial charge < -0.3 is 4.74 Å². The van der Waals surface area contributed by atoms with Crippen molar-refractivity contribution in [1.29, 1.82) is 0 Å². The van der Waals surface area contributed by atoms with Gasteiger partial charge in [-0.3, -0.25) is 0 Å². The van der Waals surface area contributed by atoms with E-state index in [-0.39, 0.29) is 0 Å². The molecular weight excluding hydrogens is 258 g/mol. The molecule has 0 amide bonds. The Kier molecular flexibility index (Phi) is 3.07. The Morgan fingerprint density at radius 1 is 0.952 bits per heavy atom. The minimum Gasteiger partial charge on any atom is -0.487 e. The van der Waals surface area contributed by atoms with Crippen LogP contribution in [0.3, 0.4) is 0 Å². The number of aromatic nitrogens is 1. The van der Waals surface area contributed by atoms with Gasteiger partial charge in [0.15, 0.2) is 0 Å². The highest BCUT2D eigenvalue weighted by Crippen LogP contribution is 2.39. The molecule has 1 aliphatic rings. The molecule has 0 bridgehead atoms. The Morgan fingerprint density at radius 2 is 1.76 bits per heavy atom. The van der Waals surface area contributed by atoms with Crippen LogP contribution in [0, 0.1) is 6.42 Å². The number of ether oxygens (including phenoxy) is 1. The van der Waals surface area contributed by atoms with Gasteiger partial charge in [0, 0.05) is 5.39 Å². The highest BCUT2D eigenvalue weighted by Gasteiger charge is 2.23. The van der Waals surface area contributed by atoms with E-state index >= 15 is 0 Å². The van der Waals surface area contributed by atoms with Gasteiger partial charge in [0.05, 0.1) is 11.2 Å². The van der Waals surface area contributed by atoms with Crippen LogP contribution in [0.4, 0.5) is 0 Å². The van der Waals surface area contributed by atoms with Crippen LogP contribution in [-0.2, 0) is 6.61 Å². The molecule has 1 unspecified atom stereocenters. The summed E-state index contributed by atoms with van der Waals surface area (Å²) in [5.41, 5.74) is 3.35. The maximum atomic E-state index is 5.82.